The van der Waals surface area contributed by atoms with Gasteiger partial charge in [0, 0.05) is 13.1 Å². The highest BCUT2D eigenvalue weighted by Gasteiger charge is 2.45. The number of carboxylic acid groups (broad SMARTS) is 2. The Morgan fingerprint density at radius 3 is 1.61 bits per heavy atom. The number of carbonyl (C=O) groups is 14. The summed E-state index contributed by atoms with van der Waals surface area (Å²) in [4.78, 5) is 193. The number of guanidine groups is 1. The van der Waals surface area contributed by atoms with E-state index in [4.69, 9.17) is 41.7 Å². The minimum absolute atomic E-state index is 0.0400. The van der Waals surface area contributed by atoms with Gasteiger partial charge in [-0.2, -0.15) is 26.3 Å². The van der Waals surface area contributed by atoms with Gasteiger partial charge in [-0.1, -0.05) is 122 Å². The van der Waals surface area contributed by atoms with Crippen LogP contribution in [-0.2, 0) is 71.9 Å². The van der Waals surface area contributed by atoms with Crippen molar-refractivity contribution in [1.82, 2.24) is 58.5 Å². The van der Waals surface area contributed by atoms with Gasteiger partial charge in [0.05, 0.1) is 31.4 Å². The number of nitrogens with one attached hydrogen (secondary N) is 11. The number of hydrogen-bond donors (Lipinski definition) is 20. The molecule has 23 N–H and O–H groups in total. The molecule has 2 saturated heterocycles. The van der Waals surface area contributed by atoms with Gasteiger partial charge in [-0.3, -0.25) is 57.7 Å². The second kappa shape index (κ2) is 44.8. The lowest BCUT2D eigenvalue weighted by Gasteiger charge is -2.33. The molecule has 42 heteroatoms. The fraction of sp³-hybridized carbons (Fsp3) is 0.597. The van der Waals surface area contributed by atoms with Crippen LogP contribution < -0.4 is 75.7 Å². The first-order valence-corrected chi connectivity index (χ1v) is 34.3. The number of rotatable bonds is 22. The number of ether oxygens (including phenoxy) is 1. The third kappa shape index (κ3) is 32.2. The van der Waals surface area contributed by atoms with Crippen molar-refractivity contribution in [2.75, 3.05) is 26.2 Å². The zero-order valence-electron chi connectivity index (χ0n) is 61.1. The quantitative estimate of drug-likeness (QED) is 0.0180. The number of primary amides is 1. The number of esters is 1. The van der Waals surface area contributed by atoms with Crippen molar-refractivity contribution in [2.24, 2.45) is 45.9 Å². The fourth-order valence-corrected chi connectivity index (χ4v) is 10.5. The molecule has 0 saturated carbocycles. The van der Waals surface area contributed by atoms with Crippen LogP contribution in [0.15, 0.2) is 65.7 Å². The predicted octanol–water partition coefficient (Wildman–Crippen LogP) is -3.40. The highest BCUT2D eigenvalue weighted by Crippen LogP contribution is 2.28. The second-order valence-corrected chi connectivity index (χ2v) is 26.7. The van der Waals surface area contributed by atoms with E-state index in [9.17, 15) is 94.7 Å². The summed E-state index contributed by atoms with van der Waals surface area (Å²) in [6.45, 7) is 12.3. The highest BCUT2D eigenvalue weighted by molar-refractivity contribution is 6.00. The van der Waals surface area contributed by atoms with E-state index in [1.54, 1.807) is 41.5 Å². The highest BCUT2D eigenvalue weighted by atomic mass is 19.4. The first kappa shape index (κ1) is 94.7. The largest absolute Gasteiger partial charge is 0.490 e. The predicted molar refractivity (Wildman–Crippen MR) is 372 cm³/mol. The van der Waals surface area contributed by atoms with Crippen molar-refractivity contribution in [2.45, 2.75) is 204 Å². The lowest BCUT2D eigenvalue weighted by molar-refractivity contribution is -0.193. The summed E-state index contributed by atoms with van der Waals surface area (Å²) in [5.74, 6) is -22.4. The van der Waals surface area contributed by atoms with Crippen LogP contribution in [0.4, 0.5) is 26.3 Å². The molecule has 2 aliphatic heterocycles. The van der Waals surface area contributed by atoms with E-state index in [1.807, 2.05) is 35.6 Å². The van der Waals surface area contributed by atoms with Crippen molar-refractivity contribution in [3.63, 3.8) is 0 Å². The van der Waals surface area contributed by atoms with Gasteiger partial charge in [0.2, 0.25) is 65.0 Å². The fourth-order valence-electron chi connectivity index (χ4n) is 10.5. The number of amides is 11. The number of benzene rings is 2. The molecule has 0 radical (unpaired) electrons. The van der Waals surface area contributed by atoms with Crippen LogP contribution in [0.3, 0.4) is 0 Å². The summed E-state index contributed by atoms with van der Waals surface area (Å²) in [6.07, 6.45) is -18.0. The van der Waals surface area contributed by atoms with Crippen molar-refractivity contribution < 1.29 is 129 Å². The summed E-state index contributed by atoms with van der Waals surface area (Å²) in [5, 5.41) is 86.1. The van der Waals surface area contributed by atoms with E-state index in [-0.39, 0.29) is 67.9 Å². The molecule has 610 valence electrons. The van der Waals surface area contributed by atoms with Crippen LogP contribution in [0.1, 0.15) is 124 Å². The maximum Gasteiger partial charge on any atom is 0.490 e. The Morgan fingerprint density at radius 2 is 1.12 bits per heavy atom. The Hall–Kier alpha value is -10.3. The van der Waals surface area contributed by atoms with E-state index in [2.05, 4.69) is 58.2 Å². The van der Waals surface area contributed by atoms with Gasteiger partial charge in [-0.15, -0.1) is 0 Å². The summed E-state index contributed by atoms with van der Waals surface area (Å²) in [7, 11) is 0. The zero-order chi connectivity index (χ0) is 83.1. The topological polar surface area (TPSA) is 592 Å². The van der Waals surface area contributed by atoms with Crippen LogP contribution in [0.25, 0.3) is 0 Å². The van der Waals surface area contributed by atoms with Crippen molar-refractivity contribution in [3.8, 4) is 0 Å². The molecule has 109 heavy (non-hydrogen) atoms. The smallest absolute Gasteiger partial charge is 0.475 e. The van der Waals surface area contributed by atoms with E-state index in [0.29, 0.717) is 13.0 Å². The Morgan fingerprint density at radius 1 is 0.624 bits per heavy atom. The monoisotopic (exact) mass is 1560 g/mol. The molecular weight excluding hydrogens is 1460 g/mol. The van der Waals surface area contributed by atoms with E-state index in [0.717, 1.165) is 12.5 Å². The molecule has 0 aromatic heterocycles. The van der Waals surface area contributed by atoms with E-state index >= 15 is 9.59 Å². The molecule has 11 amide bonds. The van der Waals surface area contributed by atoms with Crippen molar-refractivity contribution in [1.29, 1.82) is 0 Å². The third-order valence-corrected chi connectivity index (χ3v) is 16.6. The zero-order valence-corrected chi connectivity index (χ0v) is 61.1. The Balaban J connectivity index is 0.00000261. The van der Waals surface area contributed by atoms with Crippen LogP contribution >= 0.6 is 0 Å². The minimum atomic E-state index is -5.08. The van der Waals surface area contributed by atoms with Crippen LogP contribution in [-0.4, -0.2) is 237 Å². The number of hydrogen-bond acceptors (Lipinski definition) is 21. The SMILES string of the molecule is CC[C@H](C)C1NC(=O)[C@@H](CCCN=C(N)N)NC(=O)[C@H](CC(C)C)NC(=O)[C@H]([C@H](O)C(C)C)NC(=O)[C@@H](NC(=O)[C@H](CC(C)C)NC(=O)[C@@H]2C[C@@H](c3ccccc3)CN2)[C@@H](c2ccccc2)OC(=O)[C@H](CO)NC(=O)[C@H]([C@H](O)C(N)=O)NC(=O)CNC(=O)C([C@H](C)O)NC1=O.O=C(O)C(F)(F)F.O=C(O)C(F)(F)F. The number of carbonyl (C=O) groups excluding carboxylic acids is 12. The van der Waals surface area contributed by atoms with Crippen molar-refractivity contribution in [3.05, 3.63) is 71.8 Å². The molecule has 16 atom stereocenters. The van der Waals surface area contributed by atoms with Crippen LogP contribution in [0.2, 0.25) is 0 Å². The Labute approximate surface area is 622 Å². The van der Waals surface area contributed by atoms with Crippen LogP contribution in [0, 0.1) is 23.7 Å². The van der Waals surface area contributed by atoms with Gasteiger partial charge in [0.1, 0.15) is 48.3 Å². The number of aliphatic hydroxyl groups excluding tert-OH is 4. The lowest BCUT2D eigenvalue weighted by atomic mass is 9.95. The number of aliphatic imine (C=N–C) groups is 1. The number of nitrogens with two attached hydrogens (primary N) is 3. The first-order valence-electron chi connectivity index (χ1n) is 34.3. The normalized spacial score (nSPS) is 24.1. The van der Waals surface area contributed by atoms with E-state index in [1.165, 1.54) is 44.2 Å². The summed E-state index contributed by atoms with van der Waals surface area (Å²) in [5.41, 5.74) is 17.4. The molecule has 0 bridgehead atoms. The molecule has 2 aromatic rings. The van der Waals surface area contributed by atoms with Gasteiger partial charge in [-0.05, 0) is 79.7 Å². The maximum absolute atomic E-state index is 15.5. The second-order valence-electron chi connectivity index (χ2n) is 26.7. The third-order valence-electron chi connectivity index (χ3n) is 16.6. The number of nitrogens with zero attached hydrogens (tertiary/aromatic N) is 1. The standard InChI is InChI=1S/C63H97N15O17.2C2HF3O2/c1-10-33(8)44-58(90)76-45(34(9)80)57(89)69-28-43(81)74-47(50(83)52(64)84)60(92)73-42(29-79)62(94)95-51(36-20-15-12-16-21-36)48(78-56(88)41(25-31(4)5)71-54(86)39-26-37(27-68-39)35-18-13-11-14-19-35)61(93)77-46(49(82)32(6)7)59(91)72-40(24-30(2)3)55(87)70-38(53(85)75-44)22-17-23-67-63(65)66;2*3-2(4,5)1(6)7/h11-16,18-21,30-34,37-42,44-51,68,79-80,82-83H,10,17,22-29H2,1-9H3,(H2,64,84)(H,69,89)(H,70,87)(H,71,86)(H,72,91)(H,73,92)(H,74,81)(H,75,85)(H,76,90)(H,77,93)(H,78,88)(H4,65,66,67);2*(H,6,7)/t33-,34-,37+,38+,39-,40-,41-,42-,44?,45?,46-,47-,48-,49+,50-,51+;;/m0../s1. The molecule has 36 nitrogen and oxygen atoms in total. The molecule has 2 unspecified atom stereocenters. The molecular formula is C67H99F6N15O21. The number of aliphatic carboxylic acids is 2. The molecule has 0 spiro atoms. The number of carboxylic acids is 2. The first-order chi connectivity index (χ1) is 50.7. The van der Waals surface area contributed by atoms with Crippen molar-refractivity contribution >= 4 is 88.8 Å². The van der Waals surface area contributed by atoms with Crippen LogP contribution in [0.5, 0.6) is 0 Å². The lowest BCUT2D eigenvalue weighted by Crippen LogP contribution is -2.64. The maximum atomic E-state index is 15.5. The van der Waals surface area contributed by atoms with Gasteiger partial charge in [0.25, 0.3) is 0 Å². The van der Waals surface area contributed by atoms with Gasteiger partial charge >= 0.3 is 30.3 Å². The van der Waals surface area contributed by atoms with Gasteiger partial charge < -0.3 is 111 Å². The minimum Gasteiger partial charge on any atom is -0.475 e. The molecule has 2 heterocycles. The summed E-state index contributed by atoms with van der Waals surface area (Å²) >= 11 is 0. The molecule has 2 aliphatic rings. The number of alkyl halides is 6. The molecule has 4 rings (SSSR count). The van der Waals surface area contributed by atoms with Gasteiger partial charge in [0.15, 0.2) is 24.2 Å². The summed E-state index contributed by atoms with van der Waals surface area (Å²) in [6, 6.07) is -0.849. The molecule has 2 fully saturated rings. The summed E-state index contributed by atoms with van der Waals surface area (Å²) < 4.78 is 69.5. The number of aliphatic hydroxyl groups is 4. The Kier molecular flexibility index (Phi) is 39.0. The average molecular weight is 1560 g/mol. The Bertz CT molecular complexity index is 3420. The molecule has 0 aliphatic carbocycles. The number of cyclic esters (lactones) is 1. The molecule has 2 aromatic carbocycles. The number of halogens is 6. The van der Waals surface area contributed by atoms with Gasteiger partial charge in [-0.25, -0.2) is 14.4 Å². The van der Waals surface area contributed by atoms with E-state index < -0.39 is 205 Å². The average Bonchev–Trinajstić information content (AvgIpc) is 1.81.